The van der Waals surface area contributed by atoms with Crippen LogP contribution in [0.5, 0.6) is 0 Å². The molecule has 3 nitrogen and oxygen atoms in total. The highest BCUT2D eigenvalue weighted by Crippen LogP contribution is 2.26. The van der Waals surface area contributed by atoms with Gasteiger partial charge in [-0.1, -0.05) is 0 Å². The number of nitrogens with two attached hydrogens (primary N) is 1. The third kappa shape index (κ3) is 2.27. The quantitative estimate of drug-likeness (QED) is 0.747. The smallest absolute Gasteiger partial charge is 0.105 e. The molecule has 0 aliphatic heterocycles. The number of hydrogen-bond donors (Lipinski definition) is 3. The molecule has 1 rings (SSSR count). The van der Waals surface area contributed by atoms with Gasteiger partial charge in [0.2, 0.25) is 0 Å². The van der Waals surface area contributed by atoms with Crippen molar-refractivity contribution in [3.63, 3.8) is 0 Å². The number of halogens is 1. The zero-order chi connectivity index (χ0) is 9.14. The number of thiophene rings is 1. The topological polar surface area (TPSA) is 66.5 Å². The molecule has 5 heteroatoms. The van der Waals surface area contributed by atoms with Crippen LogP contribution in [0.15, 0.2) is 15.9 Å². The first-order valence-electron chi connectivity index (χ1n) is 3.43. The van der Waals surface area contributed by atoms with Crippen molar-refractivity contribution in [1.82, 2.24) is 0 Å². The summed E-state index contributed by atoms with van der Waals surface area (Å²) in [6.45, 7) is -0.212. The van der Waals surface area contributed by atoms with Crippen molar-refractivity contribution in [3.05, 3.63) is 20.8 Å². The number of aliphatic hydroxyl groups excluding tert-OH is 2. The molecule has 0 radical (unpaired) electrons. The predicted molar refractivity (Wildman–Crippen MR) is 52.0 cm³/mol. The summed E-state index contributed by atoms with van der Waals surface area (Å²) in [5.74, 6) is 0. The molecule has 1 heterocycles. The van der Waals surface area contributed by atoms with E-state index in [1.807, 2.05) is 5.38 Å². The van der Waals surface area contributed by atoms with Crippen LogP contribution in [0.3, 0.4) is 0 Å². The average molecular weight is 252 g/mol. The average Bonchev–Trinajstić information content (AvgIpc) is 2.49. The van der Waals surface area contributed by atoms with Crippen LogP contribution in [-0.2, 0) is 0 Å². The number of rotatable bonds is 3. The lowest BCUT2D eigenvalue weighted by Gasteiger charge is -2.14. The Bertz CT molecular complexity index is 253. The summed E-state index contributed by atoms with van der Waals surface area (Å²) in [7, 11) is 0. The van der Waals surface area contributed by atoms with E-state index in [0.717, 1.165) is 9.35 Å². The maximum absolute atomic E-state index is 9.51. The van der Waals surface area contributed by atoms with Crippen LogP contribution in [0.25, 0.3) is 0 Å². The lowest BCUT2D eigenvalue weighted by molar-refractivity contribution is 0.112. The summed E-state index contributed by atoms with van der Waals surface area (Å²) in [6.07, 6.45) is -0.772. The minimum atomic E-state index is -0.772. The summed E-state index contributed by atoms with van der Waals surface area (Å²) < 4.78 is 0.923. The summed E-state index contributed by atoms with van der Waals surface area (Å²) in [5.41, 5.74) is 5.45. The van der Waals surface area contributed by atoms with Gasteiger partial charge in [0.1, 0.15) is 6.10 Å². The van der Waals surface area contributed by atoms with Crippen molar-refractivity contribution in [2.75, 3.05) is 6.61 Å². The first-order chi connectivity index (χ1) is 5.65. The molecule has 1 aromatic heterocycles. The third-order valence-corrected chi connectivity index (χ3v) is 3.26. The first kappa shape index (κ1) is 10.1. The highest BCUT2D eigenvalue weighted by Gasteiger charge is 2.17. The molecule has 0 aliphatic carbocycles. The van der Waals surface area contributed by atoms with Gasteiger partial charge in [-0.2, -0.15) is 0 Å². The van der Waals surface area contributed by atoms with Gasteiger partial charge in [0, 0.05) is 14.7 Å². The van der Waals surface area contributed by atoms with Crippen LogP contribution in [0.4, 0.5) is 0 Å². The highest BCUT2D eigenvalue weighted by atomic mass is 79.9. The van der Waals surface area contributed by atoms with E-state index in [4.69, 9.17) is 10.8 Å². The van der Waals surface area contributed by atoms with E-state index in [1.54, 1.807) is 6.07 Å². The van der Waals surface area contributed by atoms with Gasteiger partial charge in [-0.05, 0) is 22.0 Å². The fourth-order valence-corrected chi connectivity index (χ4v) is 2.30. The maximum atomic E-state index is 9.51. The van der Waals surface area contributed by atoms with Crippen molar-refractivity contribution < 1.29 is 10.2 Å². The molecule has 0 amide bonds. The van der Waals surface area contributed by atoms with Crippen LogP contribution in [-0.4, -0.2) is 22.9 Å². The van der Waals surface area contributed by atoms with Gasteiger partial charge in [-0.15, -0.1) is 11.3 Å². The van der Waals surface area contributed by atoms with Crippen molar-refractivity contribution in [1.29, 1.82) is 0 Å². The summed E-state index contributed by atoms with van der Waals surface area (Å²) >= 11 is 4.68. The fraction of sp³-hybridized carbons (Fsp3) is 0.429. The third-order valence-electron chi connectivity index (χ3n) is 1.50. The molecule has 4 N–H and O–H groups in total. The van der Waals surface area contributed by atoms with E-state index < -0.39 is 12.1 Å². The molecular formula is C7H10BrNO2S. The second-order valence-corrected chi connectivity index (χ2v) is 4.32. The van der Waals surface area contributed by atoms with Gasteiger partial charge in [0.15, 0.2) is 0 Å². The van der Waals surface area contributed by atoms with E-state index in [9.17, 15) is 5.11 Å². The van der Waals surface area contributed by atoms with Crippen LogP contribution < -0.4 is 5.73 Å². The zero-order valence-corrected chi connectivity index (χ0v) is 8.68. The van der Waals surface area contributed by atoms with Gasteiger partial charge in [0.05, 0.1) is 12.6 Å². The van der Waals surface area contributed by atoms with Crippen molar-refractivity contribution in [2.24, 2.45) is 5.73 Å². The summed E-state index contributed by atoms with van der Waals surface area (Å²) in [6, 6.07) is 1.20. The van der Waals surface area contributed by atoms with Gasteiger partial charge in [-0.3, -0.25) is 0 Å². The molecule has 1 aromatic rings. The van der Waals surface area contributed by atoms with Gasteiger partial charge in [-0.25, -0.2) is 0 Å². The molecule has 0 spiro atoms. The Morgan fingerprint density at radius 2 is 2.33 bits per heavy atom. The van der Waals surface area contributed by atoms with E-state index in [1.165, 1.54) is 11.3 Å². The summed E-state index contributed by atoms with van der Waals surface area (Å²) in [5, 5.41) is 20.1. The van der Waals surface area contributed by atoms with E-state index >= 15 is 0 Å². The van der Waals surface area contributed by atoms with Crippen LogP contribution in [0.1, 0.15) is 11.0 Å². The molecule has 0 aromatic carbocycles. The van der Waals surface area contributed by atoms with E-state index in [0.29, 0.717) is 0 Å². The Morgan fingerprint density at radius 1 is 1.67 bits per heavy atom. The predicted octanol–water partition coefficient (Wildman–Crippen LogP) is 0.864. The number of aliphatic hydroxyl groups is 2. The van der Waals surface area contributed by atoms with Crippen molar-refractivity contribution >= 4 is 27.3 Å². The zero-order valence-electron chi connectivity index (χ0n) is 6.27. The fourth-order valence-electron chi connectivity index (χ4n) is 0.794. The molecular weight excluding hydrogens is 242 g/mol. The van der Waals surface area contributed by atoms with E-state index in [2.05, 4.69) is 15.9 Å². The normalized spacial score (nSPS) is 16.0. The highest BCUT2D eigenvalue weighted by molar-refractivity contribution is 9.10. The molecule has 0 aliphatic rings. The molecule has 0 saturated heterocycles. The Morgan fingerprint density at radius 3 is 2.75 bits per heavy atom. The Hall–Kier alpha value is 0.0600. The molecule has 2 atom stereocenters. The minimum Gasteiger partial charge on any atom is -0.395 e. The standard InChI is InChI=1S/C7H10BrNO2S/c8-4-1-6(12-3-4)7(11)5(9)2-10/h1,3,5,7,10-11H,2,9H2. The SMILES string of the molecule is NC(CO)C(O)c1cc(Br)cs1. The Labute approximate surface area is 83.0 Å². The second kappa shape index (κ2) is 4.34. The van der Waals surface area contributed by atoms with Crippen LogP contribution >= 0.6 is 27.3 Å². The minimum absolute atomic E-state index is 0.212. The van der Waals surface area contributed by atoms with Gasteiger partial charge < -0.3 is 15.9 Å². The van der Waals surface area contributed by atoms with Gasteiger partial charge >= 0.3 is 0 Å². The monoisotopic (exact) mass is 251 g/mol. The van der Waals surface area contributed by atoms with Crippen molar-refractivity contribution in [3.8, 4) is 0 Å². The molecule has 12 heavy (non-hydrogen) atoms. The lowest BCUT2D eigenvalue weighted by atomic mass is 10.1. The number of hydrogen-bond acceptors (Lipinski definition) is 4. The van der Waals surface area contributed by atoms with Gasteiger partial charge in [0.25, 0.3) is 0 Å². The van der Waals surface area contributed by atoms with Crippen LogP contribution in [0, 0.1) is 0 Å². The molecule has 68 valence electrons. The maximum Gasteiger partial charge on any atom is 0.105 e. The Balaban J connectivity index is 2.70. The molecule has 0 bridgehead atoms. The molecule has 0 fully saturated rings. The largest absolute Gasteiger partial charge is 0.395 e. The van der Waals surface area contributed by atoms with E-state index in [-0.39, 0.29) is 6.61 Å². The lowest BCUT2D eigenvalue weighted by Crippen LogP contribution is -2.31. The summed E-state index contributed by atoms with van der Waals surface area (Å²) in [4.78, 5) is 0.767. The Kier molecular flexibility index (Phi) is 3.67. The first-order valence-corrected chi connectivity index (χ1v) is 5.11. The second-order valence-electron chi connectivity index (χ2n) is 2.46. The van der Waals surface area contributed by atoms with Crippen molar-refractivity contribution in [2.45, 2.75) is 12.1 Å². The molecule has 0 saturated carbocycles. The molecule has 2 unspecified atom stereocenters. The van der Waals surface area contributed by atoms with Crippen LogP contribution in [0.2, 0.25) is 0 Å².